The predicted molar refractivity (Wildman–Crippen MR) is 151 cm³/mol. The van der Waals surface area contributed by atoms with Crippen LogP contribution < -0.4 is 14.2 Å². The molecule has 4 aliphatic heterocycles. The molecule has 3 aromatic carbocycles. The number of piperazine rings is 1. The Hall–Kier alpha value is -3.62. The van der Waals surface area contributed by atoms with Crippen LogP contribution in [0.4, 0.5) is 5.69 Å². The van der Waals surface area contributed by atoms with Crippen LogP contribution >= 0.6 is 0 Å². The zero-order chi connectivity index (χ0) is 26.3. The van der Waals surface area contributed by atoms with E-state index in [1.165, 1.54) is 5.56 Å². The van der Waals surface area contributed by atoms with Gasteiger partial charge in [-0.2, -0.15) is 0 Å². The lowest BCUT2D eigenvalue weighted by molar-refractivity contribution is 0.0775. The normalized spacial score (nSPS) is 20.8. The molecular formula is C31H34N4O4. The van der Waals surface area contributed by atoms with Crippen molar-refractivity contribution in [3.63, 3.8) is 0 Å². The van der Waals surface area contributed by atoms with E-state index in [9.17, 15) is 4.79 Å². The molecule has 1 amide bonds. The third kappa shape index (κ3) is 4.83. The number of amides is 1. The summed E-state index contributed by atoms with van der Waals surface area (Å²) in [6.07, 6.45) is 3.98. The number of carbonyl (C=O) groups excluding carboxylic acids is 1. The maximum absolute atomic E-state index is 13.2. The topological polar surface area (TPSA) is 66.8 Å². The van der Waals surface area contributed by atoms with Crippen LogP contribution in [0.3, 0.4) is 0 Å². The monoisotopic (exact) mass is 526 g/mol. The van der Waals surface area contributed by atoms with Crippen molar-refractivity contribution in [2.45, 2.75) is 32.4 Å². The fourth-order valence-electron chi connectivity index (χ4n) is 6.14. The predicted octanol–water partition coefficient (Wildman–Crippen LogP) is 4.39. The molecule has 0 aromatic heterocycles. The molecule has 0 N–H and O–H groups in total. The summed E-state index contributed by atoms with van der Waals surface area (Å²) in [6, 6.07) is 14.6. The van der Waals surface area contributed by atoms with Crippen LogP contribution in [0.15, 0.2) is 47.5 Å². The molecule has 0 unspecified atom stereocenters. The number of hydrogen-bond acceptors (Lipinski definition) is 7. The van der Waals surface area contributed by atoms with Gasteiger partial charge in [-0.1, -0.05) is 6.07 Å². The molecule has 0 bridgehead atoms. The van der Waals surface area contributed by atoms with Gasteiger partial charge in [0.2, 0.25) is 6.79 Å². The summed E-state index contributed by atoms with van der Waals surface area (Å²) in [5, 5.41) is 2.11. The number of hydrogen-bond donors (Lipinski definition) is 0. The molecule has 7 rings (SSSR count). The highest BCUT2D eigenvalue weighted by Gasteiger charge is 2.31. The average molecular weight is 527 g/mol. The third-order valence-electron chi connectivity index (χ3n) is 8.40. The van der Waals surface area contributed by atoms with E-state index in [0.717, 1.165) is 97.9 Å². The van der Waals surface area contributed by atoms with Crippen molar-refractivity contribution in [3.8, 4) is 17.2 Å². The summed E-state index contributed by atoms with van der Waals surface area (Å²) in [5.41, 5.74) is 3.82. The van der Waals surface area contributed by atoms with E-state index in [1.54, 1.807) is 0 Å². The van der Waals surface area contributed by atoms with Gasteiger partial charge in [0.15, 0.2) is 11.5 Å². The number of carbonyl (C=O) groups is 1. The van der Waals surface area contributed by atoms with Crippen LogP contribution in [0, 0.1) is 6.92 Å². The van der Waals surface area contributed by atoms with Crippen LogP contribution in [-0.4, -0.2) is 85.5 Å². The largest absolute Gasteiger partial charge is 0.492 e. The van der Waals surface area contributed by atoms with Gasteiger partial charge in [0.25, 0.3) is 5.91 Å². The van der Waals surface area contributed by atoms with Crippen LogP contribution in [0.1, 0.15) is 34.3 Å². The standard InChI is InChI=1S/C31H34N4O4/c1-21-13-23-16-27-26(31(36)35-6-2-3-25(35)18-32-27)15-24(23)17-29(21)37-12-11-33-7-9-34(10-8-33)19-22-4-5-28-30(14-22)39-20-38-28/h4-5,13-18,25H,2-3,6-12,19-20H2,1H3/t25-/m0/s1. The van der Waals surface area contributed by atoms with Gasteiger partial charge in [0.05, 0.1) is 17.3 Å². The third-order valence-corrected chi connectivity index (χ3v) is 8.40. The van der Waals surface area contributed by atoms with Crippen molar-refractivity contribution < 1.29 is 19.0 Å². The Morgan fingerprint density at radius 2 is 1.77 bits per heavy atom. The smallest absolute Gasteiger partial charge is 0.256 e. The molecule has 0 spiro atoms. The minimum atomic E-state index is 0.0904. The molecule has 4 heterocycles. The van der Waals surface area contributed by atoms with Gasteiger partial charge in [-0.05, 0) is 78.1 Å². The molecule has 8 heteroatoms. The molecule has 3 aromatic rings. The Balaban J connectivity index is 0.956. The zero-order valence-electron chi connectivity index (χ0n) is 22.4. The van der Waals surface area contributed by atoms with Gasteiger partial charge in [-0.15, -0.1) is 0 Å². The second-order valence-electron chi connectivity index (χ2n) is 11.0. The van der Waals surface area contributed by atoms with Gasteiger partial charge in [0.1, 0.15) is 12.4 Å². The van der Waals surface area contributed by atoms with Gasteiger partial charge in [0, 0.05) is 52.0 Å². The molecule has 0 saturated carbocycles. The molecule has 2 fully saturated rings. The number of aliphatic imine (C=N–C) groups is 1. The summed E-state index contributed by atoms with van der Waals surface area (Å²) in [5.74, 6) is 2.66. The first-order valence-electron chi connectivity index (χ1n) is 14.0. The summed E-state index contributed by atoms with van der Waals surface area (Å²) in [7, 11) is 0. The fraction of sp³-hybridized carbons (Fsp3) is 0.419. The molecule has 2 saturated heterocycles. The van der Waals surface area contributed by atoms with E-state index in [-0.39, 0.29) is 11.9 Å². The van der Waals surface area contributed by atoms with E-state index in [1.807, 2.05) is 29.3 Å². The zero-order valence-corrected chi connectivity index (χ0v) is 22.4. The van der Waals surface area contributed by atoms with Crippen LogP contribution in [0.25, 0.3) is 10.8 Å². The number of fused-ring (bicyclic) bond motifs is 4. The number of nitrogens with zero attached hydrogens (tertiary/aromatic N) is 4. The first-order chi connectivity index (χ1) is 19.1. The van der Waals surface area contributed by atoms with Gasteiger partial charge >= 0.3 is 0 Å². The summed E-state index contributed by atoms with van der Waals surface area (Å²) >= 11 is 0. The molecule has 0 aliphatic carbocycles. The maximum Gasteiger partial charge on any atom is 0.256 e. The Morgan fingerprint density at radius 3 is 2.67 bits per heavy atom. The minimum Gasteiger partial charge on any atom is -0.492 e. The first-order valence-corrected chi connectivity index (χ1v) is 14.0. The Bertz CT molecular complexity index is 1450. The summed E-state index contributed by atoms with van der Waals surface area (Å²) in [6.45, 7) is 9.77. The Kier molecular flexibility index (Phi) is 6.37. The van der Waals surface area contributed by atoms with Crippen molar-refractivity contribution in [2.75, 3.05) is 52.7 Å². The lowest BCUT2D eigenvalue weighted by atomic mass is 10.0. The van der Waals surface area contributed by atoms with E-state index < -0.39 is 0 Å². The lowest BCUT2D eigenvalue weighted by Crippen LogP contribution is -2.47. The number of benzene rings is 3. The molecule has 202 valence electrons. The molecule has 39 heavy (non-hydrogen) atoms. The Labute approximate surface area is 228 Å². The summed E-state index contributed by atoms with van der Waals surface area (Å²) < 4.78 is 17.2. The average Bonchev–Trinajstić information content (AvgIpc) is 3.59. The Morgan fingerprint density at radius 1 is 0.949 bits per heavy atom. The van der Waals surface area contributed by atoms with Crippen molar-refractivity contribution in [1.29, 1.82) is 0 Å². The van der Waals surface area contributed by atoms with E-state index >= 15 is 0 Å². The molecule has 8 nitrogen and oxygen atoms in total. The van der Waals surface area contributed by atoms with E-state index in [0.29, 0.717) is 19.0 Å². The quantitative estimate of drug-likeness (QED) is 0.475. The molecule has 0 radical (unpaired) electrons. The second kappa shape index (κ2) is 10.2. The number of ether oxygens (including phenoxy) is 3. The fourth-order valence-corrected chi connectivity index (χ4v) is 6.14. The highest BCUT2D eigenvalue weighted by atomic mass is 16.7. The SMILES string of the molecule is Cc1cc2cc3c(cc2cc1OCCN1CCN(Cc2ccc4c(c2)OCO4)CC1)C(=O)N1CCC[C@H]1C=N3. The maximum atomic E-state index is 13.2. The first kappa shape index (κ1) is 24.4. The highest BCUT2D eigenvalue weighted by Crippen LogP contribution is 2.35. The van der Waals surface area contributed by atoms with E-state index in [2.05, 4.69) is 46.0 Å². The minimum absolute atomic E-state index is 0.0904. The second-order valence-corrected chi connectivity index (χ2v) is 11.0. The van der Waals surface area contributed by atoms with Crippen molar-refractivity contribution in [2.24, 2.45) is 4.99 Å². The number of aryl methyl sites for hydroxylation is 1. The highest BCUT2D eigenvalue weighted by molar-refractivity contribution is 6.06. The van der Waals surface area contributed by atoms with Crippen molar-refractivity contribution in [3.05, 3.63) is 59.2 Å². The van der Waals surface area contributed by atoms with Crippen LogP contribution in [0.5, 0.6) is 17.2 Å². The molecular weight excluding hydrogens is 492 g/mol. The lowest BCUT2D eigenvalue weighted by Gasteiger charge is -2.34. The summed E-state index contributed by atoms with van der Waals surface area (Å²) in [4.78, 5) is 24.8. The van der Waals surface area contributed by atoms with E-state index in [4.69, 9.17) is 14.2 Å². The molecule has 4 aliphatic rings. The van der Waals surface area contributed by atoms with Crippen LogP contribution in [0.2, 0.25) is 0 Å². The number of rotatable bonds is 6. The van der Waals surface area contributed by atoms with Crippen molar-refractivity contribution in [1.82, 2.24) is 14.7 Å². The van der Waals surface area contributed by atoms with Crippen LogP contribution in [-0.2, 0) is 6.54 Å². The van der Waals surface area contributed by atoms with Crippen molar-refractivity contribution >= 4 is 28.6 Å². The van der Waals surface area contributed by atoms with Gasteiger partial charge < -0.3 is 19.1 Å². The van der Waals surface area contributed by atoms with Gasteiger partial charge in [-0.3, -0.25) is 19.6 Å². The molecule has 1 atom stereocenters. The van der Waals surface area contributed by atoms with Gasteiger partial charge in [-0.25, -0.2) is 0 Å².